The predicted molar refractivity (Wildman–Crippen MR) is 64.0 cm³/mol. The molecule has 102 valence electrons. The van der Waals surface area contributed by atoms with Crippen LogP contribution >= 0.6 is 15.9 Å². The molecule has 0 saturated carbocycles. The molecule has 1 rings (SSSR count). The molecule has 0 amide bonds. The largest absolute Gasteiger partial charge is 0.399 e. The van der Waals surface area contributed by atoms with Gasteiger partial charge < -0.3 is 0 Å². The summed E-state index contributed by atoms with van der Waals surface area (Å²) in [6.45, 7) is 0.739. The van der Waals surface area contributed by atoms with Gasteiger partial charge in [0.1, 0.15) is 5.41 Å². The van der Waals surface area contributed by atoms with E-state index in [2.05, 4.69) is 15.9 Å². The molecule has 0 aliphatic rings. The van der Waals surface area contributed by atoms with Crippen molar-refractivity contribution in [1.82, 2.24) is 0 Å². The van der Waals surface area contributed by atoms with Crippen LogP contribution in [0.25, 0.3) is 0 Å². The molecule has 0 heterocycles. The Morgan fingerprint density at radius 2 is 1.89 bits per heavy atom. The molecule has 1 aromatic rings. The first-order chi connectivity index (χ1) is 7.96. The van der Waals surface area contributed by atoms with E-state index in [0.29, 0.717) is 4.47 Å². The Labute approximate surface area is 111 Å². The van der Waals surface area contributed by atoms with Crippen LogP contribution in [0.2, 0.25) is 0 Å². The number of hydrogen-bond acceptors (Lipinski definition) is 2. The Hall–Kier alpha value is -0.600. The van der Waals surface area contributed by atoms with Crippen LogP contribution in [-0.2, 0) is 15.5 Å². The lowest BCUT2D eigenvalue weighted by atomic mass is 9.84. The van der Waals surface area contributed by atoms with E-state index in [1.807, 2.05) is 0 Å². The van der Waals surface area contributed by atoms with Gasteiger partial charge in [-0.25, -0.2) is 0 Å². The minimum absolute atomic E-state index is 0.234. The van der Waals surface area contributed by atoms with E-state index in [4.69, 9.17) is 4.55 Å². The van der Waals surface area contributed by atoms with Crippen LogP contribution in [0.5, 0.6) is 0 Å². The van der Waals surface area contributed by atoms with Gasteiger partial charge in [0.15, 0.2) is 0 Å². The third-order valence-corrected chi connectivity index (χ3v) is 3.99. The highest BCUT2D eigenvalue weighted by molar-refractivity contribution is 9.10. The first kappa shape index (κ1) is 15.5. The van der Waals surface area contributed by atoms with Gasteiger partial charge in [-0.1, -0.05) is 28.1 Å². The zero-order chi connectivity index (χ0) is 14.2. The summed E-state index contributed by atoms with van der Waals surface area (Å²) in [5.41, 5.74) is -2.90. The van der Waals surface area contributed by atoms with Crippen molar-refractivity contribution in [3.8, 4) is 0 Å². The van der Waals surface area contributed by atoms with Crippen molar-refractivity contribution in [2.45, 2.75) is 18.5 Å². The third kappa shape index (κ3) is 3.46. The van der Waals surface area contributed by atoms with Crippen molar-refractivity contribution < 1.29 is 26.1 Å². The molecule has 0 radical (unpaired) electrons. The van der Waals surface area contributed by atoms with Gasteiger partial charge in [0.25, 0.3) is 10.1 Å². The molecule has 0 spiro atoms. The van der Waals surface area contributed by atoms with E-state index < -0.39 is 27.5 Å². The van der Waals surface area contributed by atoms with Gasteiger partial charge >= 0.3 is 6.18 Å². The minimum atomic E-state index is -4.80. The molecule has 1 unspecified atom stereocenters. The maximum absolute atomic E-state index is 13.1. The highest BCUT2D eigenvalue weighted by Gasteiger charge is 2.54. The van der Waals surface area contributed by atoms with Crippen LogP contribution in [0.15, 0.2) is 28.7 Å². The Balaban J connectivity index is 3.39. The smallest absolute Gasteiger partial charge is 0.286 e. The predicted octanol–water partition coefficient (Wildman–Crippen LogP) is 3.16. The number of halogens is 4. The summed E-state index contributed by atoms with van der Waals surface area (Å²) in [5.74, 6) is -1.42. The standard InChI is InChI=1S/C10H10BrF3O3S/c1-9(10(12,13)14,6-18(15,16)17)7-3-2-4-8(11)5-7/h2-5H,6H2,1H3,(H,15,16,17). The van der Waals surface area contributed by atoms with Gasteiger partial charge in [0, 0.05) is 4.47 Å². The zero-order valence-electron chi connectivity index (χ0n) is 9.20. The van der Waals surface area contributed by atoms with Gasteiger partial charge in [0.2, 0.25) is 0 Å². The first-order valence-electron chi connectivity index (χ1n) is 4.74. The molecule has 3 nitrogen and oxygen atoms in total. The number of benzene rings is 1. The lowest BCUT2D eigenvalue weighted by molar-refractivity contribution is -0.179. The van der Waals surface area contributed by atoms with Crippen LogP contribution in [0.1, 0.15) is 12.5 Å². The van der Waals surface area contributed by atoms with E-state index in [9.17, 15) is 21.6 Å². The number of hydrogen-bond donors (Lipinski definition) is 1. The molecule has 0 saturated heterocycles. The van der Waals surface area contributed by atoms with Crippen molar-refractivity contribution in [2.24, 2.45) is 0 Å². The fourth-order valence-electron chi connectivity index (χ4n) is 1.53. The molecule has 18 heavy (non-hydrogen) atoms. The summed E-state index contributed by atoms with van der Waals surface area (Å²) in [6.07, 6.45) is -4.80. The van der Waals surface area contributed by atoms with Gasteiger partial charge in [-0.15, -0.1) is 0 Å². The van der Waals surface area contributed by atoms with Crippen LogP contribution in [-0.4, -0.2) is 24.9 Å². The Bertz CT molecular complexity index is 542. The van der Waals surface area contributed by atoms with Crippen molar-refractivity contribution in [3.05, 3.63) is 34.3 Å². The van der Waals surface area contributed by atoms with Crippen LogP contribution in [0.4, 0.5) is 13.2 Å². The molecule has 1 aromatic carbocycles. The second-order valence-electron chi connectivity index (χ2n) is 4.07. The van der Waals surface area contributed by atoms with E-state index in [-0.39, 0.29) is 5.56 Å². The molecule has 0 aliphatic heterocycles. The monoisotopic (exact) mass is 346 g/mol. The topological polar surface area (TPSA) is 54.4 Å². The second-order valence-corrected chi connectivity index (χ2v) is 6.43. The molecule has 0 fully saturated rings. The fraction of sp³-hybridized carbons (Fsp3) is 0.400. The Morgan fingerprint density at radius 3 is 2.28 bits per heavy atom. The summed E-state index contributed by atoms with van der Waals surface area (Å²) in [7, 11) is -4.76. The summed E-state index contributed by atoms with van der Waals surface area (Å²) in [4.78, 5) is 0. The van der Waals surface area contributed by atoms with Crippen molar-refractivity contribution in [3.63, 3.8) is 0 Å². The molecule has 1 N–H and O–H groups in total. The molecule has 1 atom stereocenters. The Morgan fingerprint density at radius 1 is 1.33 bits per heavy atom. The average Bonchev–Trinajstić information content (AvgIpc) is 2.13. The summed E-state index contributed by atoms with van der Waals surface area (Å²) >= 11 is 3.02. The lowest BCUT2D eigenvalue weighted by Crippen LogP contribution is -2.45. The number of alkyl halides is 3. The van der Waals surface area contributed by atoms with Crippen molar-refractivity contribution in [1.29, 1.82) is 0 Å². The maximum atomic E-state index is 13.1. The quantitative estimate of drug-likeness (QED) is 0.855. The maximum Gasteiger partial charge on any atom is 0.399 e. The zero-order valence-corrected chi connectivity index (χ0v) is 11.6. The molecular weight excluding hydrogens is 337 g/mol. The van der Waals surface area contributed by atoms with Crippen LogP contribution in [0.3, 0.4) is 0 Å². The molecule has 0 bridgehead atoms. The summed E-state index contributed by atoms with van der Waals surface area (Å²) < 4.78 is 69.9. The van der Waals surface area contributed by atoms with Gasteiger partial charge in [-0.05, 0) is 24.6 Å². The first-order valence-corrected chi connectivity index (χ1v) is 7.14. The lowest BCUT2D eigenvalue weighted by Gasteiger charge is -2.31. The molecule has 0 aromatic heterocycles. The van der Waals surface area contributed by atoms with Crippen LogP contribution < -0.4 is 0 Å². The second kappa shape index (κ2) is 4.82. The van der Waals surface area contributed by atoms with Gasteiger partial charge in [0.05, 0.1) is 5.75 Å². The minimum Gasteiger partial charge on any atom is -0.286 e. The van der Waals surface area contributed by atoms with E-state index in [0.717, 1.165) is 6.92 Å². The number of rotatable bonds is 3. The van der Waals surface area contributed by atoms with E-state index >= 15 is 0 Å². The van der Waals surface area contributed by atoms with Crippen molar-refractivity contribution >= 4 is 26.0 Å². The van der Waals surface area contributed by atoms with Crippen LogP contribution in [0, 0.1) is 0 Å². The molecule has 8 heteroatoms. The third-order valence-electron chi connectivity index (χ3n) is 2.56. The van der Waals surface area contributed by atoms with Gasteiger partial charge in [-0.3, -0.25) is 4.55 Å². The van der Waals surface area contributed by atoms with E-state index in [1.165, 1.54) is 24.3 Å². The molecule has 0 aliphatic carbocycles. The van der Waals surface area contributed by atoms with Gasteiger partial charge in [-0.2, -0.15) is 21.6 Å². The fourth-order valence-corrected chi connectivity index (χ4v) is 2.98. The summed E-state index contributed by atoms with van der Waals surface area (Å²) in [6, 6.07) is 5.24. The van der Waals surface area contributed by atoms with E-state index in [1.54, 1.807) is 0 Å². The normalized spacial score (nSPS) is 16.3. The average molecular weight is 347 g/mol. The SMILES string of the molecule is CC(CS(=O)(=O)O)(c1cccc(Br)c1)C(F)(F)F. The summed E-state index contributed by atoms with van der Waals surface area (Å²) in [5, 5.41) is 0. The highest BCUT2D eigenvalue weighted by atomic mass is 79.9. The molecular formula is C10H10BrF3O3S. The van der Waals surface area contributed by atoms with Crippen molar-refractivity contribution in [2.75, 3.05) is 5.75 Å². The Kier molecular flexibility index (Phi) is 4.14. The highest BCUT2D eigenvalue weighted by Crippen LogP contribution is 2.42.